The van der Waals surface area contributed by atoms with Gasteiger partial charge in [0.25, 0.3) is 5.88 Å². The Labute approximate surface area is 149 Å². The molecule has 0 saturated carbocycles. The lowest BCUT2D eigenvalue weighted by molar-refractivity contribution is 0.261. The van der Waals surface area contributed by atoms with Crippen molar-refractivity contribution in [2.45, 2.75) is 6.61 Å². The van der Waals surface area contributed by atoms with Crippen LogP contribution in [0.4, 0.5) is 16.3 Å². The molecule has 2 aromatic carbocycles. The third-order valence-corrected chi connectivity index (χ3v) is 3.43. The molecule has 0 saturated heterocycles. The van der Waals surface area contributed by atoms with Crippen LogP contribution in [0.15, 0.2) is 67.0 Å². The lowest BCUT2D eigenvalue weighted by Gasteiger charge is -2.11. The van der Waals surface area contributed by atoms with Gasteiger partial charge in [0.2, 0.25) is 0 Å². The molecule has 1 aromatic heterocycles. The summed E-state index contributed by atoms with van der Waals surface area (Å²) in [6.07, 6.45) is 2.97. The van der Waals surface area contributed by atoms with Crippen molar-refractivity contribution < 1.29 is 9.53 Å². The molecule has 2 amide bonds. The summed E-state index contributed by atoms with van der Waals surface area (Å²) >= 11 is 5.95. The molecular weight excluding hydrogens is 340 g/mol. The molecule has 0 unspecified atom stereocenters. The van der Waals surface area contributed by atoms with E-state index in [1.165, 1.54) is 12.4 Å². The van der Waals surface area contributed by atoms with Gasteiger partial charge in [0.05, 0.1) is 0 Å². The third kappa shape index (κ3) is 4.92. The highest BCUT2D eigenvalue weighted by Crippen LogP contribution is 2.20. The molecule has 0 radical (unpaired) electrons. The van der Waals surface area contributed by atoms with E-state index in [-0.39, 0.29) is 18.3 Å². The van der Waals surface area contributed by atoms with E-state index >= 15 is 0 Å². The first-order valence-corrected chi connectivity index (χ1v) is 7.90. The summed E-state index contributed by atoms with van der Waals surface area (Å²) in [6, 6.07) is 16.0. The molecule has 25 heavy (non-hydrogen) atoms. The van der Waals surface area contributed by atoms with Gasteiger partial charge >= 0.3 is 6.03 Å². The highest BCUT2D eigenvalue weighted by molar-refractivity contribution is 6.30. The summed E-state index contributed by atoms with van der Waals surface area (Å²) in [7, 11) is 0. The molecular formula is C18H15ClN4O2. The Morgan fingerprint density at radius 2 is 1.80 bits per heavy atom. The standard InChI is InChI=1S/C18H15ClN4O2/c19-14-6-4-5-13(11-14)12-25-17-16(20-9-10-21-17)23-18(24)22-15-7-2-1-3-8-15/h1-11H,12H2,(H2,20,22,23,24). The van der Waals surface area contributed by atoms with Crippen LogP contribution in [0.5, 0.6) is 5.88 Å². The first kappa shape index (κ1) is 16.7. The smallest absolute Gasteiger partial charge is 0.324 e. The number of halogens is 1. The van der Waals surface area contributed by atoms with Crippen molar-refractivity contribution >= 4 is 29.1 Å². The van der Waals surface area contributed by atoms with Gasteiger partial charge in [0, 0.05) is 23.1 Å². The van der Waals surface area contributed by atoms with Crippen molar-refractivity contribution in [3.8, 4) is 5.88 Å². The fourth-order valence-corrected chi connectivity index (χ4v) is 2.30. The van der Waals surface area contributed by atoms with Gasteiger partial charge in [-0.25, -0.2) is 14.8 Å². The molecule has 7 heteroatoms. The van der Waals surface area contributed by atoms with Gasteiger partial charge in [-0.2, -0.15) is 0 Å². The Balaban J connectivity index is 1.65. The summed E-state index contributed by atoms with van der Waals surface area (Å²) in [5, 5.41) is 5.97. The fraction of sp³-hybridized carbons (Fsp3) is 0.0556. The number of para-hydroxylation sites is 1. The molecule has 0 spiro atoms. The van der Waals surface area contributed by atoms with Gasteiger partial charge in [-0.1, -0.05) is 41.9 Å². The molecule has 0 atom stereocenters. The van der Waals surface area contributed by atoms with Crippen LogP contribution in [0.1, 0.15) is 5.56 Å². The number of aromatic nitrogens is 2. The Morgan fingerprint density at radius 1 is 1.00 bits per heavy atom. The molecule has 126 valence electrons. The van der Waals surface area contributed by atoms with Crippen molar-refractivity contribution in [2.24, 2.45) is 0 Å². The monoisotopic (exact) mass is 354 g/mol. The van der Waals surface area contributed by atoms with E-state index in [1.807, 2.05) is 30.3 Å². The topological polar surface area (TPSA) is 76.1 Å². The number of hydrogen-bond acceptors (Lipinski definition) is 4. The normalized spacial score (nSPS) is 10.1. The molecule has 3 aromatic rings. The second-order valence-corrected chi connectivity index (χ2v) is 5.51. The number of nitrogens with zero attached hydrogens (tertiary/aromatic N) is 2. The van der Waals surface area contributed by atoms with Crippen molar-refractivity contribution in [2.75, 3.05) is 10.6 Å². The van der Waals surface area contributed by atoms with E-state index < -0.39 is 6.03 Å². The molecule has 0 aliphatic rings. The first-order chi connectivity index (χ1) is 12.2. The zero-order valence-electron chi connectivity index (χ0n) is 13.1. The highest BCUT2D eigenvalue weighted by atomic mass is 35.5. The van der Waals surface area contributed by atoms with E-state index in [9.17, 15) is 4.79 Å². The van der Waals surface area contributed by atoms with Gasteiger partial charge < -0.3 is 10.1 Å². The minimum atomic E-state index is -0.431. The Kier molecular flexibility index (Phi) is 5.43. The van der Waals surface area contributed by atoms with Crippen LogP contribution in [0.25, 0.3) is 0 Å². The van der Waals surface area contributed by atoms with Gasteiger partial charge in [0.15, 0.2) is 5.82 Å². The van der Waals surface area contributed by atoms with Crippen LogP contribution < -0.4 is 15.4 Å². The zero-order chi connectivity index (χ0) is 17.5. The van der Waals surface area contributed by atoms with Gasteiger partial charge in [-0.3, -0.25) is 5.32 Å². The Morgan fingerprint density at radius 3 is 2.60 bits per heavy atom. The maximum Gasteiger partial charge on any atom is 0.324 e. The second-order valence-electron chi connectivity index (χ2n) is 5.07. The number of ether oxygens (including phenoxy) is 1. The summed E-state index contributed by atoms with van der Waals surface area (Å²) in [6.45, 7) is 0.258. The number of amides is 2. The average Bonchev–Trinajstić information content (AvgIpc) is 2.62. The number of hydrogen-bond donors (Lipinski definition) is 2. The molecule has 0 aliphatic heterocycles. The predicted octanol–water partition coefficient (Wildman–Crippen LogP) is 4.35. The molecule has 2 N–H and O–H groups in total. The van der Waals surface area contributed by atoms with Crippen LogP contribution in [-0.2, 0) is 6.61 Å². The van der Waals surface area contributed by atoms with Crippen molar-refractivity contribution in [1.29, 1.82) is 0 Å². The highest BCUT2D eigenvalue weighted by Gasteiger charge is 2.11. The van der Waals surface area contributed by atoms with Crippen LogP contribution in [0, 0.1) is 0 Å². The molecule has 3 rings (SSSR count). The van der Waals surface area contributed by atoms with Crippen LogP contribution in [-0.4, -0.2) is 16.0 Å². The van der Waals surface area contributed by atoms with Gasteiger partial charge in [-0.15, -0.1) is 0 Å². The van der Waals surface area contributed by atoms with Crippen LogP contribution >= 0.6 is 11.6 Å². The lowest BCUT2D eigenvalue weighted by Crippen LogP contribution is -2.20. The maximum absolute atomic E-state index is 12.1. The van der Waals surface area contributed by atoms with Gasteiger partial charge in [0.1, 0.15) is 6.61 Å². The lowest BCUT2D eigenvalue weighted by atomic mass is 10.2. The Bertz CT molecular complexity index is 858. The summed E-state index contributed by atoms with van der Waals surface area (Å²) in [5.41, 5.74) is 1.56. The number of rotatable bonds is 5. The van der Waals surface area contributed by atoms with E-state index in [4.69, 9.17) is 16.3 Å². The van der Waals surface area contributed by atoms with Crippen molar-refractivity contribution in [3.63, 3.8) is 0 Å². The quantitative estimate of drug-likeness (QED) is 0.714. The molecule has 1 heterocycles. The molecule has 0 bridgehead atoms. The van der Waals surface area contributed by atoms with E-state index in [0.717, 1.165) is 5.56 Å². The van der Waals surface area contributed by atoms with Crippen LogP contribution in [0.2, 0.25) is 5.02 Å². The number of anilines is 2. The van der Waals surface area contributed by atoms with E-state index in [0.29, 0.717) is 10.7 Å². The number of carbonyl (C=O) groups excluding carboxylic acids is 1. The van der Waals surface area contributed by atoms with Gasteiger partial charge in [-0.05, 0) is 29.8 Å². The largest absolute Gasteiger partial charge is 0.470 e. The van der Waals surface area contributed by atoms with E-state index in [2.05, 4.69) is 20.6 Å². The number of carbonyl (C=O) groups is 1. The average molecular weight is 355 g/mol. The number of benzene rings is 2. The maximum atomic E-state index is 12.1. The van der Waals surface area contributed by atoms with Crippen molar-refractivity contribution in [1.82, 2.24) is 9.97 Å². The number of nitrogens with one attached hydrogen (secondary N) is 2. The third-order valence-electron chi connectivity index (χ3n) is 3.19. The summed E-state index contributed by atoms with van der Waals surface area (Å²) in [5.74, 6) is 0.462. The zero-order valence-corrected chi connectivity index (χ0v) is 13.9. The summed E-state index contributed by atoms with van der Waals surface area (Å²) < 4.78 is 5.65. The fourth-order valence-electron chi connectivity index (χ4n) is 2.09. The number of urea groups is 1. The predicted molar refractivity (Wildman–Crippen MR) is 96.9 cm³/mol. The first-order valence-electron chi connectivity index (χ1n) is 7.52. The van der Waals surface area contributed by atoms with E-state index in [1.54, 1.807) is 24.3 Å². The minimum absolute atomic E-state index is 0.227. The van der Waals surface area contributed by atoms with Crippen LogP contribution in [0.3, 0.4) is 0 Å². The molecule has 0 fully saturated rings. The summed E-state index contributed by atoms with van der Waals surface area (Å²) in [4.78, 5) is 20.3. The second kappa shape index (κ2) is 8.12. The van der Waals surface area contributed by atoms with Crippen molar-refractivity contribution in [3.05, 3.63) is 77.6 Å². The Hall–Kier alpha value is -3.12. The SMILES string of the molecule is O=C(Nc1ccccc1)Nc1nccnc1OCc1cccc(Cl)c1. The minimum Gasteiger partial charge on any atom is -0.470 e. The molecule has 6 nitrogen and oxygen atoms in total. The molecule has 0 aliphatic carbocycles.